The Kier molecular flexibility index (Phi) is 3.69. The number of hydrogen-bond acceptors (Lipinski definition) is 5. The molecule has 0 aliphatic carbocycles. The van der Waals surface area contributed by atoms with E-state index in [1.165, 1.54) is 11.3 Å². The molecule has 0 amide bonds. The predicted molar refractivity (Wildman–Crippen MR) is 75.9 cm³/mol. The fourth-order valence-corrected chi connectivity index (χ4v) is 2.95. The van der Waals surface area contributed by atoms with Crippen molar-refractivity contribution in [3.63, 3.8) is 0 Å². The second kappa shape index (κ2) is 5.63. The van der Waals surface area contributed by atoms with Crippen LogP contribution in [0.5, 0.6) is 5.75 Å². The van der Waals surface area contributed by atoms with E-state index in [1.807, 2.05) is 36.6 Å². The van der Waals surface area contributed by atoms with Gasteiger partial charge in [0.25, 0.3) is 0 Å². The molecule has 0 saturated heterocycles. The minimum absolute atomic E-state index is 0.205. The molecular weight excluding hydrogens is 274 g/mol. The minimum Gasteiger partial charge on any atom is -0.493 e. The number of hydrogen-bond donors (Lipinski definition) is 0. The highest BCUT2D eigenvalue weighted by Crippen LogP contribution is 2.35. The van der Waals surface area contributed by atoms with Crippen molar-refractivity contribution < 1.29 is 14.3 Å². The normalized spacial score (nSPS) is 18.8. The zero-order valence-electron chi connectivity index (χ0n) is 11.1. The van der Waals surface area contributed by atoms with Crippen molar-refractivity contribution in [3.8, 4) is 5.75 Å². The average Bonchev–Trinajstić information content (AvgIpc) is 3.01. The van der Waals surface area contributed by atoms with Crippen LogP contribution in [0, 0.1) is 0 Å². The van der Waals surface area contributed by atoms with Gasteiger partial charge in [-0.2, -0.15) is 0 Å². The van der Waals surface area contributed by atoms with Crippen LogP contribution in [0.2, 0.25) is 0 Å². The van der Waals surface area contributed by atoms with Crippen molar-refractivity contribution in [3.05, 3.63) is 46.4 Å². The van der Waals surface area contributed by atoms with Gasteiger partial charge in [0, 0.05) is 17.1 Å². The van der Waals surface area contributed by atoms with Crippen LogP contribution in [0.25, 0.3) is 0 Å². The zero-order valence-corrected chi connectivity index (χ0v) is 11.9. The Morgan fingerprint density at radius 3 is 3.15 bits per heavy atom. The van der Waals surface area contributed by atoms with Crippen molar-refractivity contribution >= 4 is 17.3 Å². The molecule has 4 nitrogen and oxygen atoms in total. The van der Waals surface area contributed by atoms with Gasteiger partial charge in [-0.25, -0.2) is 4.98 Å². The SMILES string of the molecule is C[C@H](OC(=O)[C@H]1CCOc2ccccc21)c1nccs1. The number of aromatic nitrogens is 1. The summed E-state index contributed by atoms with van der Waals surface area (Å²) >= 11 is 1.49. The Hall–Kier alpha value is -1.88. The third-order valence-electron chi connectivity index (χ3n) is 3.34. The van der Waals surface area contributed by atoms with Crippen molar-refractivity contribution in [1.82, 2.24) is 4.98 Å². The van der Waals surface area contributed by atoms with Gasteiger partial charge in [-0.05, 0) is 19.4 Å². The first kappa shape index (κ1) is 13.1. The molecule has 104 valence electrons. The number of carbonyl (C=O) groups excluding carboxylic acids is 1. The quantitative estimate of drug-likeness (QED) is 0.813. The maximum absolute atomic E-state index is 12.4. The molecule has 1 aromatic heterocycles. The second-order valence-corrected chi connectivity index (χ2v) is 5.60. The van der Waals surface area contributed by atoms with Crippen molar-refractivity contribution in [2.45, 2.75) is 25.4 Å². The highest BCUT2D eigenvalue weighted by Gasteiger charge is 2.30. The topological polar surface area (TPSA) is 48.4 Å². The lowest BCUT2D eigenvalue weighted by Crippen LogP contribution is -2.24. The summed E-state index contributed by atoms with van der Waals surface area (Å²) < 4.78 is 11.1. The average molecular weight is 289 g/mol. The van der Waals surface area contributed by atoms with Gasteiger partial charge in [0.2, 0.25) is 0 Å². The summed E-state index contributed by atoms with van der Waals surface area (Å²) in [5.41, 5.74) is 0.912. The van der Waals surface area contributed by atoms with Gasteiger partial charge in [-0.1, -0.05) is 18.2 Å². The van der Waals surface area contributed by atoms with E-state index in [9.17, 15) is 4.79 Å². The third kappa shape index (κ3) is 2.54. The molecule has 2 heterocycles. The van der Waals surface area contributed by atoms with E-state index < -0.39 is 0 Å². The minimum atomic E-state index is -0.308. The molecule has 2 atom stereocenters. The van der Waals surface area contributed by atoms with Crippen LogP contribution in [0.3, 0.4) is 0 Å². The third-order valence-corrected chi connectivity index (χ3v) is 4.27. The van der Waals surface area contributed by atoms with Gasteiger partial charge < -0.3 is 9.47 Å². The van der Waals surface area contributed by atoms with Gasteiger partial charge in [0.15, 0.2) is 6.10 Å². The summed E-state index contributed by atoms with van der Waals surface area (Å²) in [5, 5.41) is 2.70. The molecule has 5 heteroatoms. The number of ether oxygens (including phenoxy) is 2. The van der Waals surface area contributed by atoms with Crippen LogP contribution < -0.4 is 4.74 Å². The smallest absolute Gasteiger partial charge is 0.314 e. The number of rotatable bonds is 3. The molecule has 3 rings (SSSR count). The number of nitrogens with zero attached hydrogens (tertiary/aromatic N) is 1. The zero-order chi connectivity index (χ0) is 13.9. The lowest BCUT2D eigenvalue weighted by Gasteiger charge is -2.25. The summed E-state index contributed by atoms with van der Waals surface area (Å²) in [4.78, 5) is 16.5. The molecule has 2 aromatic rings. The molecule has 1 aliphatic heterocycles. The Bertz CT molecular complexity index is 597. The van der Waals surface area contributed by atoms with E-state index in [4.69, 9.17) is 9.47 Å². The highest BCUT2D eigenvalue weighted by molar-refractivity contribution is 7.09. The highest BCUT2D eigenvalue weighted by atomic mass is 32.1. The van der Waals surface area contributed by atoms with Crippen LogP contribution >= 0.6 is 11.3 Å². The molecule has 0 radical (unpaired) electrons. The molecule has 0 spiro atoms. The van der Waals surface area contributed by atoms with E-state index in [-0.39, 0.29) is 18.0 Å². The summed E-state index contributed by atoms with van der Waals surface area (Å²) in [6.07, 6.45) is 2.06. The van der Waals surface area contributed by atoms with Gasteiger partial charge in [-0.3, -0.25) is 4.79 Å². The first-order valence-electron chi connectivity index (χ1n) is 6.57. The number of benzene rings is 1. The largest absolute Gasteiger partial charge is 0.493 e. The molecule has 0 unspecified atom stereocenters. The molecule has 0 saturated carbocycles. The van der Waals surface area contributed by atoms with E-state index in [0.29, 0.717) is 13.0 Å². The molecule has 1 aromatic carbocycles. The molecule has 0 bridgehead atoms. The second-order valence-electron chi connectivity index (χ2n) is 4.68. The summed E-state index contributed by atoms with van der Waals surface area (Å²) in [6, 6.07) is 7.64. The molecular formula is C15H15NO3S. The van der Waals surface area contributed by atoms with E-state index >= 15 is 0 Å². The van der Waals surface area contributed by atoms with Crippen LogP contribution in [0.4, 0.5) is 0 Å². The van der Waals surface area contributed by atoms with Crippen LogP contribution in [-0.4, -0.2) is 17.6 Å². The monoisotopic (exact) mass is 289 g/mol. The Balaban J connectivity index is 1.75. The standard InChI is InChI=1S/C15H15NO3S/c1-10(14-16-7-9-20-14)19-15(17)12-6-8-18-13-5-3-2-4-11(12)13/h2-5,7,9-10,12H,6,8H2,1H3/t10-,12-/m0/s1. The first-order valence-corrected chi connectivity index (χ1v) is 7.45. The van der Waals surface area contributed by atoms with Gasteiger partial charge in [0.1, 0.15) is 10.8 Å². The van der Waals surface area contributed by atoms with E-state index in [0.717, 1.165) is 16.3 Å². The first-order chi connectivity index (χ1) is 9.75. The van der Waals surface area contributed by atoms with Crippen molar-refractivity contribution in [2.24, 2.45) is 0 Å². The Morgan fingerprint density at radius 2 is 2.35 bits per heavy atom. The lowest BCUT2D eigenvalue weighted by atomic mass is 9.93. The maximum atomic E-state index is 12.4. The van der Waals surface area contributed by atoms with Crippen molar-refractivity contribution in [1.29, 1.82) is 0 Å². The molecule has 0 fully saturated rings. The van der Waals surface area contributed by atoms with E-state index in [1.54, 1.807) is 6.20 Å². The Morgan fingerprint density at radius 1 is 1.50 bits per heavy atom. The predicted octanol–water partition coefficient (Wildman–Crippen LogP) is 3.31. The number of para-hydroxylation sites is 1. The fraction of sp³-hybridized carbons (Fsp3) is 0.333. The van der Waals surface area contributed by atoms with Gasteiger partial charge in [0.05, 0.1) is 12.5 Å². The number of esters is 1. The van der Waals surface area contributed by atoms with Gasteiger partial charge >= 0.3 is 5.97 Å². The van der Waals surface area contributed by atoms with Crippen LogP contribution in [-0.2, 0) is 9.53 Å². The summed E-state index contributed by atoms with van der Waals surface area (Å²) in [7, 11) is 0. The summed E-state index contributed by atoms with van der Waals surface area (Å²) in [5.74, 6) is 0.327. The maximum Gasteiger partial charge on any atom is 0.314 e. The molecule has 1 aliphatic rings. The van der Waals surface area contributed by atoms with E-state index in [2.05, 4.69) is 4.98 Å². The lowest BCUT2D eigenvalue weighted by molar-refractivity contribution is -0.151. The van der Waals surface area contributed by atoms with Crippen molar-refractivity contribution in [2.75, 3.05) is 6.61 Å². The molecule has 20 heavy (non-hydrogen) atoms. The fourth-order valence-electron chi connectivity index (χ4n) is 2.33. The summed E-state index contributed by atoms with van der Waals surface area (Å²) in [6.45, 7) is 2.39. The van der Waals surface area contributed by atoms with Crippen LogP contribution in [0.15, 0.2) is 35.8 Å². The van der Waals surface area contributed by atoms with Gasteiger partial charge in [-0.15, -0.1) is 11.3 Å². The Labute approximate surface area is 121 Å². The number of fused-ring (bicyclic) bond motifs is 1. The molecule has 0 N–H and O–H groups in total. The van der Waals surface area contributed by atoms with Crippen LogP contribution in [0.1, 0.15) is 35.9 Å². The number of thiazole rings is 1. The number of carbonyl (C=O) groups is 1.